The number of likely N-dealkylation sites (tertiary alicyclic amines) is 1. The second-order valence-corrected chi connectivity index (χ2v) is 5.92. The molecule has 0 bridgehead atoms. The van der Waals surface area contributed by atoms with E-state index in [0.29, 0.717) is 0 Å². The van der Waals surface area contributed by atoms with Gasteiger partial charge in [-0.25, -0.2) is 0 Å². The fraction of sp³-hybridized carbons (Fsp3) is 0.625. The van der Waals surface area contributed by atoms with Crippen molar-refractivity contribution in [2.75, 3.05) is 33.3 Å². The average molecular weight is 337 g/mol. The molecule has 0 atom stereocenters. The molecule has 0 aromatic heterocycles. The Kier molecular flexibility index (Phi) is 7.00. The smallest absolute Gasteiger partial charge is 0.137 e. The predicted octanol–water partition coefficient (Wildman–Crippen LogP) is 3.31. The zero-order valence-electron chi connectivity index (χ0n) is 12.6. The summed E-state index contributed by atoms with van der Waals surface area (Å²) in [7, 11) is 2.37. The number of aryl methyl sites for hydroxylation is 2. The van der Waals surface area contributed by atoms with Gasteiger partial charge in [0.15, 0.2) is 0 Å². The van der Waals surface area contributed by atoms with E-state index in [1.165, 1.54) is 48.0 Å². The van der Waals surface area contributed by atoms with Gasteiger partial charge in [0.2, 0.25) is 0 Å². The van der Waals surface area contributed by atoms with Gasteiger partial charge in [-0.3, -0.25) is 0 Å². The normalized spacial score (nSPS) is 17.6. The van der Waals surface area contributed by atoms with Crippen molar-refractivity contribution < 1.29 is 41.9 Å². The molecule has 2 rings (SSSR count). The Balaban J connectivity index is 0.00000180. The molecule has 1 aromatic rings. The quantitative estimate of drug-likeness (QED) is 0.766. The molecule has 103 valence electrons. The topological polar surface area (TPSA) is 9.23 Å². The first-order chi connectivity index (χ1) is 8.61. The fourth-order valence-corrected chi connectivity index (χ4v) is 2.89. The van der Waals surface area contributed by atoms with Crippen LogP contribution in [0.5, 0.6) is 5.75 Å². The van der Waals surface area contributed by atoms with Crippen LogP contribution >= 0.6 is 0 Å². The Labute approximate surface area is 143 Å². The third-order valence-electron chi connectivity index (χ3n) is 4.18. The van der Waals surface area contributed by atoms with Gasteiger partial charge < -0.3 is 9.22 Å². The third-order valence-corrected chi connectivity index (χ3v) is 4.18. The van der Waals surface area contributed by atoms with E-state index in [9.17, 15) is 0 Å². The third kappa shape index (κ3) is 4.84. The number of hydrogen-bond donors (Lipinski definition) is 0. The summed E-state index contributed by atoms with van der Waals surface area (Å²) in [6, 6.07) is 6.34. The summed E-state index contributed by atoms with van der Waals surface area (Å²) >= 11 is 0. The van der Waals surface area contributed by atoms with Crippen LogP contribution in [0.4, 0.5) is 0 Å². The molecule has 0 spiro atoms. The van der Waals surface area contributed by atoms with Crippen molar-refractivity contribution >= 4 is 0 Å². The van der Waals surface area contributed by atoms with Crippen LogP contribution in [-0.2, 0) is 32.7 Å². The van der Waals surface area contributed by atoms with Crippen LogP contribution in [0.1, 0.15) is 30.4 Å². The first-order valence-electron chi connectivity index (χ1n) is 7.13. The van der Waals surface area contributed by atoms with E-state index in [4.69, 9.17) is 4.74 Å². The number of piperidine rings is 1. The minimum Gasteiger partial charge on any atom is -0.487 e. The molecule has 3 heteroatoms. The SMILES string of the molecule is Cc1cccc(C)c1OCC[N+]1(C)CCCCC1.[Y]. The van der Waals surface area contributed by atoms with E-state index in [0.717, 1.165) is 18.9 Å². The van der Waals surface area contributed by atoms with Gasteiger partial charge in [0, 0.05) is 32.7 Å². The van der Waals surface area contributed by atoms with Crippen LogP contribution in [0.25, 0.3) is 0 Å². The summed E-state index contributed by atoms with van der Waals surface area (Å²) in [5, 5.41) is 0. The average Bonchev–Trinajstić information content (AvgIpc) is 2.34. The van der Waals surface area contributed by atoms with E-state index in [2.05, 4.69) is 39.1 Å². The van der Waals surface area contributed by atoms with Gasteiger partial charge in [-0.15, -0.1) is 0 Å². The minimum absolute atomic E-state index is 0. The van der Waals surface area contributed by atoms with E-state index in [-0.39, 0.29) is 32.7 Å². The molecule has 0 unspecified atom stereocenters. The monoisotopic (exact) mass is 337 g/mol. The van der Waals surface area contributed by atoms with Gasteiger partial charge in [0.25, 0.3) is 0 Å². The van der Waals surface area contributed by atoms with E-state index in [1.807, 2.05) is 0 Å². The number of likely N-dealkylation sites (N-methyl/N-ethyl adjacent to an activating group) is 1. The molecular formula is C16H26NOY+. The maximum Gasteiger partial charge on any atom is 0.137 e. The summed E-state index contributed by atoms with van der Waals surface area (Å²) in [6.45, 7) is 8.85. The Morgan fingerprint density at radius 2 is 1.63 bits per heavy atom. The van der Waals surface area contributed by atoms with Gasteiger partial charge in [-0.05, 0) is 44.2 Å². The fourth-order valence-electron chi connectivity index (χ4n) is 2.89. The number of benzene rings is 1. The largest absolute Gasteiger partial charge is 0.487 e. The number of nitrogens with zero attached hydrogens (tertiary/aromatic N) is 1. The molecular weight excluding hydrogens is 311 g/mol. The van der Waals surface area contributed by atoms with E-state index >= 15 is 0 Å². The van der Waals surface area contributed by atoms with Crippen molar-refractivity contribution in [3.05, 3.63) is 29.3 Å². The van der Waals surface area contributed by atoms with Crippen LogP contribution in [0.3, 0.4) is 0 Å². The molecule has 1 saturated heterocycles. The molecule has 1 aliphatic heterocycles. The Morgan fingerprint density at radius 3 is 2.21 bits per heavy atom. The second-order valence-electron chi connectivity index (χ2n) is 5.92. The molecule has 1 aromatic carbocycles. The molecule has 1 fully saturated rings. The van der Waals surface area contributed by atoms with Gasteiger partial charge in [-0.2, -0.15) is 0 Å². The standard InChI is InChI=1S/C16H26NO.Y/c1-14-8-7-9-15(2)16(14)18-13-12-17(3)10-5-4-6-11-17;/h7-9H,4-6,10-13H2,1-3H3;/q+1;. The number of hydrogen-bond acceptors (Lipinski definition) is 1. The maximum atomic E-state index is 6.02. The summed E-state index contributed by atoms with van der Waals surface area (Å²) in [5.74, 6) is 1.08. The number of quaternary nitrogens is 1. The molecule has 19 heavy (non-hydrogen) atoms. The van der Waals surface area contributed by atoms with E-state index < -0.39 is 0 Å². The van der Waals surface area contributed by atoms with Gasteiger partial charge in [0.1, 0.15) is 18.9 Å². The van der Waals surface area contributed by atoms with Gasteiger partial charge >= 0.3 is 0 Å². The number of rotatable bonds is 4. The summed E-state index contributed by atoms with van der Waals surface area (Å²) in [5.41, 5.74) is 2.49. The number of para-hydroxylation sites is 1. The Bertz CT molecular complexity index is 379. The van der Waals surface area contributed by atoms with Gasteiger partial charge in [-0.1, -0.05) is 18.2 Å². The van der Waals surface area contributed by atoms with Crippen LogP contribution < -0.4 is 4.74 Å². The zero-order chi connectivity index (χ0) is 13.0. The van der Waals surface area contributed by atoms with Crippen LogP contribution in [0.15, 0.2) is 18.2 Å². The van der Waals surface area contributed by atoms with Crippen LogP contribution in [-0.4, -0.2) is 37.8 Å². The molecule has 1 heterocycles. The molecule has 1 aliphatic rings. The van der Waals surface area contributed by atoms with Crippen LogP contribution in [0, 0.1) is 13.8 Å². The molecule has 1 radical (unpaired) electrons. The zero-order valence-corrected chi connectivity index (χ0v) is 15.5. The molecule has 0 amide bonds. The maximum absolute atomic E-state index is 6.02. The molecule has 0 saturated carbocycles. The summed E-state index contributed by atoms with van der Waals surface area (Å²) < 4.78 is 7.21. The first kappa shape index (κ1) is 17.1. The van der Waals surface area contributed by atoms with Crippen molar-refractivity contribution in [2.24, 2.45) is 0 Å². The van der Waals surface area contributed by atoms with E-state index in [1.54, 1.807) is 0 Å². The van der Waals surface area contributed by atoms with Crippen molar-refractivity contribution in [2.45, 2.75) is 33.1 Å². The van der Waals surface area contributed by atoms with Gasteiger partial charge in [0.05, 0.1) is 20.1 Å². The Hall–Kier alpha value is 0.0839. The molecule has 2 nitrogen and oxygen atoms in total. The predicted molar refractivity (Wildman–Crippen MR) is 76.0 cm³/mol. The minimum atomic E-state index is 0. The first-order valence-corrected chi connectivity index (χ1v) is 7.13. The van der Waals surface area contributed by atoms with Crippen molar-refractivity contribution in [1.82, 2.24) is 0 Å². The summed E-state index contributed by atoms with van der Waals surface area (Å²) in [6.07, 6.45) is 4.16. The van der Waals surface area contributed by atoms with Crippen molar-refractivity contribution in [3.63, 3.8) is 0 Å². The molecule has 0 N–H and O–H groups in total. The Morgan fingerprint density at radius 1 is 1.05 bits per heavy atom. The molecule has 0 aliphatic carbocycles. The van der Waals surface area contributed by atoms with Crippen LogP contribution in [0.2, 0.25) is 0 Å². The van der Waals surface area contributed by atoms with Crippen molar-refractivity contribution in [1.29, 1.82) is 0 Å². The number of ether oxygens (including phenoxy) is 1. The summed E-state index contributed by atoms with van der Waals surface area (Å²) in [4.78, 5) is 0. The van der Waals surface area contributed by atoms with Crippen molar-refractivity contribution in [3.8, 4) is 5.75 Å². The second kappa shape index (κ2) is 7.76.